The molecule has 1 aliphatic rings. The molecule has 0 saturated carbocycles. The van der Waals surface area contributed by atoms with Crippen LogP contribution >= 0.6 is 35.3 Å². The first-order chi connectivity index (χ1) is 15.6. The third-order valence-electron chi connectivity index (χ3n) is 5.27. The molecular formula is C23H27Cl2N3O4S. The predicted octanol–water partition coefficient (Wildman–Crippen LogP) is 4.51. The number of anilines is 1. The van der Waals surface area contributed by atoms with E-state index in [4.69, 9.17) is 25.8 Å². The number of fused-ring (bicyclic) bond motifs is 1. The van der Waals surface area contributed by atoms with E-state index >= 15 is 0 Å². The van der Waals surface area contributed by atoms with Crippen LogP contribution in [-0.2, 0) is 9.53 Å². The van der Waals surface area contributed by atoms with E-state index in [-0.39, 0.29) is 24.9 Å². The van der Waals surface area contributed by atoms with E-state index in [2.05, 4.69) is 9.88 Å². The van der Waals surface area contributed by atoms with Gasteiger partial charge in [0.15, 0.2) is 11.7 Å². The summed E-state index contributed by atoms with van der Waals surface area (Å²) in [6.07, 6.45) is 0.831. The van der Waals surface area contributed by atoms with E-state index in [1.165, 1.54) is 11.3 Å². The fraction of sp³-hybridized carbons (Fsp3) is 0.391. The quantitative estimate of drug-likeness (QED) is 0.421. The number of hydrogen-bond acceptors (Lipinski definition) is 7. The van der Waals surface area contributed by atoms with Crippen LogP contribution in [0, 0.1) is 0 Å². The molecule has 0 unspecified atom stereocenters. The highest BCUT2D eigenvalue weighted by molar-refractivity contribution is 7.22. The van der Waals surface area contributed by atoms with Crippen LogP contribution in [0.4, 0.5) is 5.13 Å². The lowest BCUT2D eigenvalue weighted by Crippen LogP contribution is -2.40. The van der Waals surface area contributed by atoms with Crippen LogP contribution < -0.4 is 14.4 Å². The monoisotopic (exact) mass is 511 g/mol. The lowest BCUT2D eigenvalue weighted by Gasteiger charge is -2.27. The SMILES string of the molecule is COc1ccc(OCC(=O)N(CCCN2CCOCC2)c2nc3c(Cl)cccc3s2)cc1.Cl. The number of carbonyl (C=O) groups is 1. The molecule has 33 heavy (non-hydrogen) atoms. The van der Waals surface area contributed by atoms with Crippen molar-refractivity contribution in [1.82, 2.24) is 9.88 Å². The molecular weight excluding hydrogens is 485 g/mol. The van der Waals surface area contributed by atoms with Gasteiger partial charge >= 0.3 is 0 Å². The number of rotatable bonds is 9. The Morgan fingerprint density at radius 1 is 1.18 bits per heavy atom. The number of thiazole rings is 1. The maximum absolute atomic E-state index is 13.2. The first-order valence-electron chi connectivity index (χ1n) is 10.6. The van der Waals surface area contributed by atoms with Gasteiger partial charge in [-0.25, -0.2) is 4.98 Å². The molecule has 1 amide bonds. The van der Waals surface area contributed by atoms with Crippen LogP contribution in [0.15, 0.2) is 42.5 Å². The zero-order chi connectivity index (χ0) is 22.3. The molecule has 1 aliphatic heterocycles. The summed E-state index contributed by atoms with van der Waals surface area (Å²) in [7, 11) is 1.61. The number of aromatic nitrogens is 1. The van der Waals surface area contributed by atoms with Crippen LogP contribution in [0.3, 0.4) is 0 Å². The topological polar surface area (TPSA) is 64.1 Å². The summed E-state index contributed by atoms with van der Waals surface area (Å²) in [4.78, 5) is 21.9. The zero-order valence-corrected chi connectivity index (χ0v) is 20.8. The third-order valence-corrected chi connectivity index (χ3v) is 6.62. The number of ether oxygens (including phenoxy) is 3. The Labute approximate surface area is 208 Å². The molecule has 0 bridgehead atoms. The molecule has 1 fully saturated rings. The van der Waals surface area contributed by atoms with E-state index in [0.29, 0.717) is 22.4 Å². The molecule has 0 aliphatic carbocycles. The normalized spacial score (nSPS) is 14.0. The molecule has 1 aromatic heterocycles. The summed E-state index contributed by atoms with van der Waals surface area (Å²) >= 11 is 7.78. The number of nitrogens with zero attached hydrogens (tertiary/aromatic N) is 3. The Hall–Kier alpha value is -2.10. The van der Waals surface area contributed by atoms with Gasteiger partial charge in [-0.1, -0.05) is 29.0 Å². The van der Waals surface area contributed by atoms with Gasteiger partial charge in [-0.3, -0.25) is 14.6 Å². The predicted molar refractivity (Wildman–Crippen MR) is 135 cm³/mol. The van der Waals surface area contributed by atoms with E-state index in [1.807, 2.05) is 18.2 Å². The van der Waals surface area contributed by atoms with Crippen molar-refractivity contribution in [2.75, 3.05) is 58.0 Å². The molecule has 0 N–H and O–H groups in total. The van der Waals surface area contributed by atoms with Crippen molar-refractivity contribution in [3.05, 3.63) is 47.5 Å². The molecule has 178 valence electrons. The van der Waals surface area contributed by atoms with Gasteiger partial charge in [0, 0.05) is 26.2 Å². The molecule has 0 radical (unpaired) electrons. The molecule has 1 saturated heterocycles. The van der Waals surface area contributed by atoms with Gasteiger partial charge in [-0.05, 0) is 42.8 Å². The molecule has 0 atom stereocenters. The fourth-order valence-electron chi connectivity index (χ4n) is 3.52. The van der Waals surface area contributed by atoms with Crippen molar-refractivity contribution >= 4 is 56.6 Å². The highest BCUT2D eigenvalue weighted by atomic mass is 35.5. The van der Waals surface area contributed by atoms with Crippen molar-refractivity contribution in [2.45, 2.75) is 6.42 Å². The number of para-hydroxylation sites is 1. The summed E-state index contributed by atoms with van der Waals surface area (Å²) in [5, 5.41) is 1.22. The van der Waals surface area contributed by atoms with Crippen LogP contribution in [0.1, 0.15) is 6.42 Å². The lowest BCUT2D eigenvalue weighted by molar-refractivity contribution is -0.120. The minimum Gasteiger partial charge on any atom is -0.497 e. The first kappa shape index (κ1) is 25.5. The molecule has 2 heterocycles. The van der Waals surface area contributed by atoms with E-state index in [1.54, 1.807) is 36.3 Å². The summed E-state index contributed by atoms with van der Waals surface area (Å²) in [6.45, 7) is 4.74. The largest absolute Gasteiger partial charge is 0.497 e. The molecule has 2 aromatic carbocycles. The summed E-state index contributed by atoms with van der Waals surface area (Å²) in [5.74, 6) is 1.21. The first-order valence-corrected chi connectivity index (χ1v) is 11.8. The van der Waals surface area contributed by atoms with E-state index in [9.17, 15) is 4.79 Å². The average molecular weight is 512 g/mol. The van der Waals surface area contributed by atoms with Gasteiger partial charge in [0.1, 0.15) is 17.0 Å². The van der Waals surface area contributed by atoms with Crippen LogP contribution in [-0.4, -0.2) is 68.9 Å². The van der Waals surface area contributed by atoms with E-state index < -0.39 is 0 Å². The maximum atomic E-state index is 13.2. The van der Waals surface area contributed by atoms with Gasteiger partial charge < -0.3 is 14.2 Å². The van der Waals surface area contributed by atoms with Gasteiger partial charge in [0.05, 0.1) is 30.0 Å². The summed E-state index contributed by atoms with van der Waals surface area (Å²) < 4.78 is 17.3. The second-order valence-corrected chi connectivity index (χ2v) is 8.82. The number of carbonyl (C=O) groups excluding carboxylic acids is 1. The fourth-order valence-corrected chi connectivity index (χ4v) is 4.83. The average Bonchev–Trinajstić information content (AvgIpc) is 3.26. The number of amides is 1. The second kappa shape index (κ2) is 12.4. The number of benzene rings is 2. The second-order valence-electron chi connectivity index (χ2n) is 7.40. The Kier molecular flexibility index (Phi) is 9.58. The molecule has 3 aromatic rings. The number of morpholine rings is 1. The molecule has 7 nitrogen and oxygen atoms in total. The molecule has 10 heteroatoms. The Balaban J connectivity index is 0.00000306. The number of halogens is 2. The minimum absolute atomic E-state index is 0. The van der Waals surface area contributed by atoms with Crippen LogP contribution in [0.25, 0.3) is 10.2 Å². The molecule has 0 spiro atoms. The third kappa shape index (κ3) is 6.71. The van der Waals surface area contributed by atoms with Gasteiger partial charge in [0.25, 0.3) is 5.91 Å². The zero-order valence-electron chi connectivity index (χ0n) is 18.4. The maximum Gasteiger partial charge on any atom is 0.266 e. The minimum atomic E-state index is -0.141. The van der Waals surface area contributed by atoms with Crippen molar-refractivity contribution in [3.63, 3.8) is 0 Å². The number of hydrogen-bond donors (Lipinski definition) is 0. The summed E-state index contributed by atoms with van der Waals surface area (Å²) in [5.41, 5.74) is 0.719. The Bertz CT molecular complexity index is 1040. The Morgan fingerprint density at radius 2 is 1.91 bits per heavy atom. The van der Waals surface area contributed by atoms with Crippen molar-refractivity contribution in [1.29, 1.82) is 0 Å². The van der Waals surface area contributed by atoms with Gasteiger partial charge in [-0.15, -0.1) is 12.4 Å². The number of methoxy groups -OCH3 is 1. The highest BCUT2D eigenvalue weighted by Crippen LogP contribution is 2.33. The van der Waals surface area contributed by atoms with E-state index in [0.717, 1.165) is 55.2 Å². The van der Waals surface area contributed by atoms with Crippen LogP contribution in [0.5, 0.6) is 11.5 Å². The highest BCUT2D eigenvalue weighted by Gasteiger charge is 2.21. The molecule has 4 rings (SSSR count). The Morgan fingerprint density at radius 3 is 2.61 bits per heavy atom. The van der Waals surface area contributed by atoms with Crippen molar-refractivity contribution < 1.29 is 19.0 Å². The lowest BCUT2D eigenvalue weighted by atomic mass is 10.3. The van der Waals surface area contributed by atoms with Gasteiger partial charge in [-0.2, -0.15) is 0 Å². The van der Waals surface area contributed by atoms with Crippen molar-refractivity contribution in [3.8, 4) is 11.5 Å². The summed E-state index contributed by atoms with van der Waals surface area (Å²) in [6, 6.07) is 12.8. The standard InChI is InChI=1S/C23H26ClN3O4S.ClH/c1-29-17-6-8-18(9-7-17)31-16-21(28)27(11-3-10-26-12-14-30-15-13-26)23-25-22-19(24)4-2-5-20(22)32-23;/h2,4-9H,3,10-16H2,1H3;1H. The van der Waals surface area contributed by atoms with Gasteiger partial charge in [0.2, 0.25) is 0 Å². The van der Waals surface area contributed by atoms with Crippen molar-refractivity contribution in [2.24, 2.45) is 0 Å². The van der Waals surface area contributed by atoms with Crippen LogP contribution in [0.2, 0.25) is 5.02 Å². The smallest absolute Gasteiger partial charge is 0.266 e.